The molecule has 3 rings (SSSR count). The van der Waals surface area contributed by atoms with Crippen molar-refractivity contribution in [2.45, 2.75) is 12.8 Å². The van der Waals surface area contributed by atoms with Crippen molar-refractivity contribution in [3.63, 3.8) is 0 Å². The number of para-hydroxylation sites is 1. The van der Waals surface area contributed by atoms with Crippen LogP contribution in [-0.4, -0.2) is 30.4 Å². The fourth-order valence-electron chi connectivity index (χ4n) is 2.66. The molecule has 0 saturated carbocycles. The van der Waals surface area contributed by atoms with Gasteiger partial charge in [-0.25, -0.2) is 0 Å². The highest BCUT2D eigenvalue weighted by molar-refractivity contribution is 5.99. The SMILES string of the molecule is O=C1c2ccccc2NC[C@@H]2CCCN1C2. The smallest absolute Gasteiger partial charge is 0.255 e. The number of rotatable bonds is 0. The number of nitrogens with zero attached hydrogens (tertiary/aromatic N) is 1. The molecular weight excluding hydrogens is 200 g/mol. The second-order valence-electron chi connectivity index (χ2n) is 4.69. The van der Waals surface area contributed by atoms with Crippen molar-refractivity contribution >= 4 is 11.6 Å². The first-order valence-electron chi connectivity index (χ1n) is 5.97. The molecule has 0 aliphatic carbocycles. The molecule has 2 aliphatic rings. The lowest BCUT2D eigenvalue weighted by atomic mass is 9.95. The van der Waals surface area contributed by atoms with Crippen molar-refractivity contribution in [3.8, 4) is 0 Å². The van der Waals surface area contributed by atoms with Gasteiger partial charge in [0.1, 0.15) is 0 Å². The van der Waals surface area contributed by atoms with Gasteiger partial charge in [0.05, 0.1) is 5.56 Å². The molecule has 1 amide bonds. The van der Waals surface area contributed by atoms with Gasteiger partial charge in [-0.05, 0) is 30.9 Å². The number of carbonyl (C=O) groups is 1. The van der Waals surface area contributed by atoms with Crippen molar-refractivity contribution in [1.29, 1.82) is 0 Å². The van der Waals surface area contributed by atoms with Crippen LogP contribution in [0.2, 0.25) is 0 Å². The third-order valence-electron chi connectivity index (χ3n) is 3.54. The summed E-state index contributed by atoms with van der Waals surface area (Å²) in [6, 6.07) is 7.82. The molecule has 3 heteroatoms. The molecule has 2 heterocycles. The number of benzene rings is 1. The van der Waals surface area contributed by atoms with E-state index >= 15 is 0 Å². The number of hydrogen-bond donors (Lipinski definition) is 1. The number of amides is 1. The van der Waals surface area contributed by atoms with E-state index in [9.17, 15) is 4.79 Å². The van der Waals surface area contributed by atoms with Crippen LogP contribution in [-0.2, 0) is 0 Å². The van der Waals surface area contributed by atoms with E-state index in [1.807, 2.05) is 29.2 Å². The summed E-state index contributed by atoms with van der Waals surface area (Å²) in [7, 11) is 0. The van der Waals surface area contributed by atoms with Crippen LogP contribution in [0.3, 0.4) is 0 Å². The molecule has 2 aliphatic heterocycles. The Morgan fingerprint density at radius 3 is 3.12 bits per heavy atom. The first-order chi connectivity index (χ1) is 7.84. The molecule has 2 bridgehead atoms. The average molecular weight is 216 g/mol. The second kappa shape index (κ2) is 3.81. The van der Waals surface area contributed by atoms with E-state index in [-0.39, 0.29) is 5.91 Å². The van der Waals surface area contributed by atoms with Gasteiger partial charge in [-0.15, -0.1) is 0 Å². The molecular formula is C13H16N2O. The molecule has 1 aromatic carbocycles. The number of carbonyl (C=O) groups excluding carboxylic acids is 1. The Balaban J connectivity index is 2.01. The summed E-state index contributed by atoms with van der Waals surface area (Å²) in [5.74, 6) is 0.804. The molecule has 84 valence electrons. The van der Waals surface area contributed by atoms with Gasteiger partial charge >= 0.3 is 0 Å². The van der Waals surface area contributed by atoms with Crippen LogP contribution in [0.1, 0.15) is 23.2 Å². The summed E-state index contributed by atoms with van der Waals surface area (Å²) in [6.45, 7) is 2.82. The molecule has 0 spiro atoms. The van der Waals surface area contributed by atoms with E-state index in [2.05, 4.69) is 5.32 Å². The third kappa shape index (κ3) is 1.56. The van der Waals surface area contributed by atoms with Gasteiger partial charge in [0.25, 0.3) is 5.91 Å². The van der Waals surface area contributed by atoms with E-state index < -0.39 is 0 Å². The zero-order valence-electron chi connectivity index (χ0n) is 9.28. The molecule has 16 heavy (non-hydrogen) atoms. The monoisotopic (exact) mass is 216 g/mol. The first-order valence-corrected chi connectivity index (χ1v) is 5.97. The van der Waals surface area contributed by atoms with Crippen molar-refractivity contribution < 1.29 is 4.79 Å². The number of piperidine rings is 1. The quantitative estimate of drug-likeness (QED) is 0.719. The summed E-state index contributed by atoms with van der Waals surface area (Å²) < 4.78 is 0. The minimum absolute atomic E-state index is 0.188. The lowest BCUT2D eigenvalue weighted by Gasteiger charge is -2.35. The average Bonchev–Trinajstić information content (AvgIpc) is 2.35. The van der Waals surface area contributed by atoms with Gasteiger partial charge in [-0.3, -0.25) is 4.79 Å². The maximum absolute atomic E-state index is 12.3. The highest BCUT2D eigenvalue weighted by atomic mass is 16.2. The Morgan fingerprint density at radius 2 is 2.19 bits per heavy atom. The van der Waals surface area contributed by atoms with Crippen molar-refractivity contribution in [2.24, 2.45) is 5.92 Å². The maximum atomic E-state index is 12.3. The lowest BCUT2D eigenvalue weighted by Crippen LogP contribution is -2.43. The number of nitrogens with one attached hydrogen (secondary N) is 1. The van der Waals surface area contributed by atoms with Crippen LogP contribution in [0.5, 0.6) is 0 Å². The summed E-state index contributed by atoms with van der Waals surface area (Å²) in [4.78, 5) is 14.3. The lowest BCUT2D eigenvalue weighted by molar-refractivity contribution is 0.0676. The molecule has 1 aromatic rings. The van der Waals surface area contributed by atoms with Gasteiger partial charge in [0.15, 0.2) is 0 Å². The minimum atomic E-state index is 0.188. The van der Waals surface area contributed by atoms with E-state index in [0.717, 1.165) is 37.3 Å². The van der Waals surface area contributed by atoms with Gasteiger partial charge in [-0.1, -0.05) is 12.1 Å². The van der Waals surface area contributed by atoms with Crippen LogP contribution < -0.4 is 5.32 Å². The van der Waals surface area contributed by atoms with Gasteiger partial charge in [0.2, 0.25) is 0 Å². The highest BCUT2D eigenvalue weighted by Crippen LogP contribution is 2.25. The zero-order valence-corrected chi connectivity index (χ0v) is 9.28. The summed E-state index contributed by atoms with van der Waals surface area (Å²) >= 11 is 0. The van der Waals surface area contributed by atoms with Crippen LogP contribution in [0.15, 0.2) is 24.3 Å². The molecule has 0 aromatic heterocycles. The normalized spacial score (nSPS) is 24.1. The van der Waals surface area contributed by atoms with Crippen LogP contribution in [0.25, 0.3) is 0 Å². The first kappa shape index (κ1) is 9.70. The molecule has 1 atom stereocenters. The molecule has 3 nitrogen and oxygen atoms in total. The van der Waals surface area contributed by atoms with Crippen LogP contribution in [0.4, 0.5) is 5.69 Å². The zero-order chi connectivity index (χ0) is 11.0. The van der Waals surface area contributed by atoms with E-state index in [1.54, 1.807) is 0 Å². The van der Waals surface area contributed by atoms with Crippen molar-refractivity contribution in [2.75, 3.05) is 25.0 Å². The number of fused-ring (bicyclic) bond motifs is 3. The predicted octanol–water partition coefficient (Wildman–Crippen LogP) is 1.96. The standard InChI is InChI=1S/C13H16N2O/c16-13-11-5-1-2-6-12(11)14-8-10-4-3-7-15(13)9-10/h1-2,5-6,10,14H,3-4,7-9H2/t10-/m0/s1. The van der Waals surface area contributed by atoms with E-state index in [4.69, 9.17) is 0 Å². The summed E-state index contributed by atoms with van der Waals surface area (Å²) in [5.41, 5.74) is 1.81. The fraction of sp³-hybridized carbons (Fsp3) is 0.462. The van der Waals surface area contributed by atoms with Gasteiger partial charge in [0, 0.05) is 25.3 Å². The summed E-state index contributed by atoms with van der Waals surface area (Å²) in [5, 5.41) is 3.40. The van der Waals surface area contributed by atoms with Gasteiger partial charge in [-0.2, -0.15) is 0 Å². The minimum Gasteiger partial charge on any atom is -0.384 e. The van der Waals surface area contributed by atoms with Crippen LogP contribution >= 0.6 is 0 Å². The fourth-order valence-corrected chi connectivity index (χ4v) is 2.66. The number of hydrogen-bond acceptors (Lipinski definition) is 2. The maximum Gasteiger partial charge on any atom is 0.255 e. The topological polar surface area (TPSA) is 32.3 Å². The van der Waals surface area contributed by atoms with E-state index in [1.165, 1.54) is 6.42 Å². The Labute approximate surface area is 95.4 Å². The highest BCUT2D eigenvalue weighted by Gasteiger charge is 2.27. The van der Waals surface area contributed by atoms with Gasteiger partial charge < -0.3 is 10.2 Å². The van der Waals surface area contributed by atoms with Crippen molar-refractivity contribution in [3.05, 3.63) is 29.8 Å². The molecule has 1 saturated heterocycles. The Bertz CT molecular complexity index is 416. The Hall–Kier alpha value is -1.51. The molecule has 1 fully saturated rings. The second-order valence-corrected chi connectivity index (χ2v) is 4.69. The Kier molecular flexibility index (Phi) is 2.31. The predicted molar refractivity (Wildman–Crippen MR) is 63.6 cm³/mol. The summed E-state index contributed by atoms with van der Waals surface area (Å²) in [6.07, 6.45) is 2.37. The third-order valence-corrected chi connectivity index (χ3v) is 3.54. The van der Waals surface area contributed by atoms with E-state index in [0.29, 0.717) is 5.92 Å². The molecule has 1 N–H and O–H groups in total. The largest absolute Gasteiger partial charge is 0.384 e. The number of anilines is 1. The molecule has 0 unspecified atom stereocenters. The molecule has 0 radical (unpaired) electrons. The van der Waals surface area contributed by atoms with Crippen molar-refractivity contribution in [1.82, 2.24) is 4.90 Å². The van der Waals surface area contributed by atoms with Crippen LogP contribution in [0, 0.1) is 5.92 Å². The Morgan fingerprint density at radius 1 is 1.31 bits per heavy atom.